The first-order chi connectivity index (χ1) is 11.6. The van der Waals surface area contributed by atoms with Gasteiger partial charge in [0.2, 0.25) is 15.9 Å². The third-order valence-electron chi connectivity index (χ3n) is 5.21. The van der Waals surface area contributed by atoms with Gasteiger partial charge >= 0.3 is 5.97 Å². The van der Waals surface area contributed by atoms with E-state index in [9.17, 15) is 23.1 Å². The van der Waals surface area contributed by atoms with Gasteiger partial charge in [0.15, 0.2) is 0 Å². The van der Waals surface area contributed by atoms with Crippen molar-refractivity contribution in [3.63, 3.8) is 0 Å². The van der Waals surface area contributed by atoms with Crippen molar-refractivity contribution in [2.45, 2.75) is 37.0 Å². The highest BCUT2D eigenvalue weighted by atomic mass is 32.2. The average molecular weight is 366 g/mol. The fourth-order valence-electron chi connectivity index (χ4n) is 3.62. The molecule has 0 aromatic heterocycles. The van der Waals surface area contributed by atoms with Crippen LogP contribution < -0.4 is 4.90 Å². The first kappa shape index (κ1) is 17.9. The molecule has 1 aromatic rings. The fourth-order valence-corrected chi connectivity index (χ4v) is 5.17. The van der Waals surface area contributed by atoms with Gasteiger partial charge in [-0.15, -0.1) is 0 Å². The summed E-state index contributed by atoms with van der Waals surface area (Å²) in [6.45, 7) is 3.84. The number of likely N-dealkylation sites (N-methyl/N-ethyl adjacent to an activating group) is 1. The van der Waals surface area contributed by atoms with Gasteiger partial charge in [0.25, 0.3) is 0 Å². The topological polar surface area (TPSA) is 95.0 Å². The van der Waals surface area contributed by atoms with Crippen LogP contribution in [0.4, 0.5) is 5.69 Å². The molecule has 0 unspecified atom stereocenters. The van der Waals surface area contributed by atoms with Crippen LogP contribution in [-0.2, 0) is 25.0 Å². The molecule has 0 saturated carbocycles. The zero-order chi connectivity index (χ0) is 18.6. The number of carbonyl (C=O) groups is 2. The lowest BCUT2D eigenvalue weighted by Gasteiger charge is -2.30. The molecule has 0 radical (unpaired) electrons. The largest absolute Gasteiger partial charge is 0.481 e. The van der Waals surface area contributed by atoms with E-state index in [1.165, 1.54) is 15.3 Å². The molecule has 1 atom stereocenters. The maximum absolute atomic E-state index is 13.0. The molecule has 7 nitrogen and oxygen atoms in total. The molecule has 1 aromatic carbocycles. The summed E-state index contributed by atoms with van der Waals surface area (Å²) in [6, 6.07) is 4.69. The van der Waals surface area contributed by atoms with E-state index in [2.05, 4.69) is 0 Å². The lowest BCUT2D eigenvalue weighted by molar-refractivity contribution is -0.142. The number of nitrogens with zero attached hydrogens (tertiary/aromatic N) is 2. The molecule has 1 N–H and O–H groups in total. The number of piperidine rings is 1. The first-order valence-corrected chi connectivity index (χ1v) is 9.66. The third kappa shape index (κ3) is 2.73. The standard InChI is InChI=1S/C17H22N2O5S/c1-17(2)13-9-12(6-7-14(13)18(3)16(17)22)25(23,24)19-8-4-5-11(10-19)15(20)21/h6-7,9,11H,4-5,8,10H2,1-3H3,(H,20,21)/t11-/m1/s1. The number of carbonyl (C=O) groups excluding carboxylic acids is 1. The number of hydrogen-bond donors (Lipinski definition) is 1. The summed E-state index contributed by atoms with van der Waals surface area (Å²) in [7, 11) is -2.12. The van der Waals surface area contributed by atoms with Gasteiger partial charge in [-0.3, -0.25) is 9.59 Å². The van der Waals surface area contributed by atoms with Crippen LogP contribution in [0.1, 0.15) is 32.3 Å². The van der Waals surface area contributed by atoms with Gasteiger partial charge in [0, 0.05) is 25.8 Å². The maximum Gasteiger partial charge on any atom is 0.307 e. The Labute approximate surface area is 147 Å². The van der Waals surface area contributed by atoms with Gasteiger partial charge in [-0.1, -0.05) is 0 Å². The number of rotatable bonds is 3. The van der Waals surface area contributed by atoms with Crippen LogP contribution >= 0.6 is 0 Å². The number of aliphatic carboxylic acids is 1. The van der Waals surface area contributed by atoms with Crippen molar-refractivity contribution in [1.29, 1.82) is 0 Å². The number of benzene rings is 1. The van der Waals surface area contributed by atoms with E-state index in [4.69, 9.17) is 0 Å². The second-order valence-corrected chi connectivity index (χ2v) is 9.15. The van der Waals surface area contributed by atoms with Gasteiger partial charge < -0.3 is 10.0 Å². The zero-order valence-corrected chi connectivity index (χ0v) is 15.3. The Balaban J connectivity index is 1.99. The number of carboxylic acid groups (broad SMARTS) is 1. The predicted octanol–water partition coefficient (Wildman–Crippen LogP) is 1.43. The summed E-state index contributed by atoms with van der Waals surface area (Å²) in [4.78, 5) is 25.2. The van der Waals surface area contributed by atoms with E-state index >= 15 is 0 Å². The van der Waals surface area contributed by atoms with Crippen molar-refractivity contribution >= 4 is 27.6 Å². The minimum atomic E-state index is -3.80. The number of fused-ring (bicyclic) bond motifs is 1. The van der Waals surface area contributed by atoms with Gasteiger partial charge in [0.05, 0.1) is 16.2 Å². The molecule has 0 aliphatic carbocycles. The third-order valence-corrected chi connectivity index (χ3v) is 7.07. The molecule has 1 amide bonds. The molecule has 0 spiro atoms. The van der Waals surface area contributed by atoms with Crippen molar-refractivity contribution in [2.24, 2.45) is 5.92 Å². The Morgan fingerprint density at radius 2 is 2.00 bits per heavy atom. The van der Waals surface area contributed by atoms with E-state index in [0.717, 1.165) is 0 Å². The molecule has 1 saturated heterocycles. The molecule has 2 heterocycles. The summed E-state index contributed by atoms with van der Waals surface area (Å²) in [5.74, 6) is -1.73. The summed E-state index contributed by atoms with van der Waals surface area (Å²) < 4.78 is 27.2. The predicted molar refractivity (Wildman–Crippen MR) is 92.0 cm³/mol. The first-order valence-electron chi connectivity index (χ1n) is 8.22. The summed E-state index contributed by atoms with van der Waals surface area (Å²) in [5.41, 5.74) is 0.588. The number of anilines is 1. The molecule has 8 heteroatoms. The number of amides is 1. The second-order valence-electron chi connectivity index (χ2n) is 7.21. The van der Waals surface area contributed by atoms with Gasteiger partial charge in [-0.25, -0.2) is 8.42 Å². The molecule has 2 aliphatic heterocycles. The molecule has 136 valence electrons. The average Bonchev–Trinajstić information content (AvgIpc) is 2.75. The lowest BCUT2D eigenvalue weighted by Crippen LogP contribution is -2.42. The molecule has 1 fully saturated rings. The van der Waals surface area contributed by atoms with E-state index in [0.29, 0.717) is 30.6 Å². The van der Waals surface area contributed by atoms with Crippen molar-refractivity contribution in [3.05, 3.63) is 23.8 Å². The van der Waals surface area contributed by atoms with Crippen molar-refractivity contribution in [1.82, 2.24) is 4.31 Å². The van der Waals surface area contributed by atoms with Crippen LogP contribution in [0.15, 0.2) is 23.1 Å². The Bertz CT molecular complexity index is 847. The van der Waals surface area contributed by atoms with Gasteiger partial charge in [-0.05, 0) is 50.5 Å². The highest BCUT2D eigenvalue weighted by Crippen LogP contribution is 2.42. The van der Waals surface area contributed by atoms with Crippen LogP contribution in [0.25, 0.3) is 0 Å². The highest BCUT2D eigenvalue weighted by molar-refractivity contribution is 7.89. The second kappa shape index (κ2) is 5.81. The molecule has 2 aliphatic rings. The molecule has 0 bridgehead atoms. The normalized spacial score (nSPS) is 23.6. The van der Waals surface area contributed by atoms with Crippen LogP contribution in [-0.4, -0.2) is 49.8 Å². The Morgan fingerprint density at radius 3 is 2.64 bits per heavy atom. The highest BCUT2D eigenvalue weighted by Gasteiger charge is 2.43. The number of hydrogen-bond acceptors (Lipinski definition) is 4. The van der Waals surface area contributed by atoms with E-state index in [1.54, 1.807) is 33.0 Å². The van der Waals surface area contributed by atoms with Crippen molar-refractivity contribution < 1.29 is 23.1 Å². The minimum absolute atomic E-state index is 0.0169. The molecule has 25 heavy (non-hydrogen) atoms. The monoisotopic (exact) mass is 366 g/mol. The summed E-state index contributed by atoms with van der Waals surface area (Å²) >= 11 is 0. The summed E-state index contributed by atoms with van der Waals surface area (Å²) in [5, 5.41) is 9.18. The van der Waals surface area contributed by atoms with E-state index in [-0.39, 0.29) is 17.3 Å². The molecular formula is C17H22N2O5S. The smallest absolute Gasteiger partial charge is 0.307 e. The maximum atomic E-state index is 13.0. The van der Waals surface area contributed by atoms with E-state index in [1.807, 2.05) is 0 Å². The molecule has 3 rings (SSSR count). The Kier molecular flexibility index (Phi) is 4.15. The SMILES string of the molecule is CN1C(=O)C(C)(C)c2cc(S(=O)(=O)N3CCC[C@@H](C(=O)O)C3)ccc21. The van der Waals surface area contributed by atoms with Crippen LogP contribution in [0, 0.1) is 5.92 Å². The van der Waals surface area contributed by atoms with Gasteiger partial charge in [-0.2, -0.15) is 4.31 Å². The van der Waals surface area contributed by atoms with Crippen molar-refractivity contribution in [2.75, 3.05) is 25.0 Å². The number of carboxylic acids is 1. The minimum Gasteiger partial charge on any atom is -0.481 e. The Hall–Kier alpha value is -1.93. The van der Waals surface area contributed by atoms with Crippen molar-refractivity contribution in [3.8, 4) is 0 Å². The van der Waals surface area contributed by atoms with Crippen LogP contribution in [0.5, 0.6) is 0 Å². The quantitative estimate of drug-likeness (QED) is 0.873. The number of sulfonamides is 1. The van der Waals surface area contributed by atoms with E-state index < -0.39 is 27.3 Å². The zero-order valence-electron chi connectivity index (χ0n) is 14.5. The van der Waals surface area contributed by atoms with Crippen LogP contribution in [0.2, 0.25) is 0 Å². The Morgan fingerprint density at radius 1 is 1.32 bits per heavy atom. The van der Waals surface area contributed by atoms with Crippen LogP contribution in [0.3, 0.4) is 0 Å². The lowest BCUT2D eigenvalue weighted by atomic mass is 9.86. The fraction of sp³-hybridized carbons (Fsp3) is 0.529. The summed E-state index contributed by atoms with van der Waals surface area (Å²) in [6.07, 6.45) is 1.01. The molecular weight excluding hydrogens is 344 g/mol. The van der Waals surface area contributed by atoms with Gasteiger partial charge in [0.1, 0.15) is 0 Å².